The molecule has 98 valence electrons. The second-order valence-electron chi connectivity index (χ2n) is 4.11. The quantitative estimate of drug-likeness (QED) is 0.850. The molecule has 0 aliphatic carbocycles. The number of hydrogen-bond donors (Lipinski definition) is 0. The van der Waals surface area contributed by atoms with Crippen LogP contribution < -0.4 is 4.31 Å². The first-order chi connectivity index (χ1) is 9.10. The van der Waals surface area contributed by atoms with Crippen LogP contribution in [-0.4, -0.2) is 18.5 Å². The van der Waals surface area contributed by atoms with Crippen molar-refractivity contribution in [2.45, 2.75) is 9.79 Å². The molecule has 1 aliphatic heterocycles. The maximum atomic E-state index is 12.5. The molecule has 2 aromatic rings. The number of fused-ring (bicyclic) bond motifs is 1. The average Bonchev–Trinajstić information content (AvgIpc) is 2.79. The minimum Gasteiger partial charge on any atom is -0.252 e. The molecule has 2 aromatic carbocycles. The zero-order valence-corrected chi connectivity index (χ0v) is 11.5. The van der Waals surface area contributed by atoms with E-state index in [-0.39, 0.29) is 10.8 Å². The lowest BCUT2D eigenvalue weighted by molar-refractivity contribution is 0.593. The summed E-state index contributed by atoms with van der Waals surface area (Å²) in [6.07, 6.45) is 0. The van der Waals surface area contributed by atoms with E-state index >= 15 is 0 Å². The summed E-state index contributed by atoms with van der Waals surface area (Å²) in [6, 6.07) is 15.1. The monoisotopic (exact) mass is 293 g/mol. The van der Waals surface area contributed by atoms with Gasteiger partial charge in [0.2, 0.25) is 0 Å². The first kappa shape index (κ1) is 12.4. The fourth-order valence-electron chi connectivity index (χ4n) is 2.02. The molecule has 1 unspecified atom stereocenters. The first-order valence-corrected chi connectivity index (χ1v) is 8.42. The van der Waals surface area contributed by atoms with Gasteiger partial charge in [0.15, 0.2) is 0 Å². The van der Waals surface area contributed by atoms with Crippen molar-refractivity contribution in [3.05, 3.63) is 54.6 Å². The molecule has 1 heterocycles. The zero-order chi connectivity index (χ0) is 13.5. The Kier molecular flexibility index (Phi) is 2.91. The highest BCUT2D eigenvalue weighted by Crippen LogP contribution is 2.35. The van der Waals surface area contributed by atoms with Gasteiger partial charge in [0.25, 0.3) is 10.0 Å². The second-order valence-corrected chi connectivity index (χ2v) is 7.36. The number of hydrogen-bond acceptors (Lipinski definition) is 3. The number of benzene rings is 2. The molecule has 0 aromatic heterocycles. The van der Waals surface area contributed by atoms with Gasteiger partial charge in [-0.1, -0.05) is 30.3 Å². The summed E-state index contributed by atoms with van der Waals surface area (Å²) in [7, 11) is -4.95. The minimum absolute atomic E-state index is 0.0173. The molecule has 0 spiro atoms. The van der Waals surface area contributed by atoms with Gasteiger partial charge >= 0.3 is 0 Å². The zero-order valence-electron chi connectivity index (χ0n) is 9.89. The van der Waals surface area contributed by atoms with Gasteiger partial charge in [0.05, 0.1) is 26.3 Å². The van der Waals surface area contributed by atoms with Crippen LogP contribution in [0.1, 0.15) is 0 Å². The topological polar surface area (TPSA) is 54.5 Å². The Balaban J connectivity index is 2.13. The number of nitrogens with zero attached hydrogens (tertiary/aromatic N) is 1. The number of sulfonamides is 1. The molecular formula is C13H11NO3S2. The molecule has 6 heteroatoms. The highest BCUT2D eigenvalue weighted by Gasteiger charge is 2.34. The normalized spacial score (nSPS) is 18.3. The third-order valence-corrected chi connectivity index (χ3v) is 6.21. The van der Waals surface area contributed by atoms with Gasteiger partial charge in [-0.15, -0.1) is 0 Å². The minimum atomic E-state index is -3.64. The Labute approximate surface area is 114 Å². The van der Waals surface area contributed by atoms with Crippen LogP contribution in [0.15, 0.2) is 64.4 Å². The van der Waals surface area contributed by atoms with E-state index in [4.69, 9.17) is 0 Å². The molecule has 0 amide bonds. The lowest BCUT2D eigenvalue weighted by Crippen LogP contribution is -2.29. The van der Waals surface area contributed by atoms with Crippen LogP contribution in [0, 0.1) is 0 Å². The Morgan fingerprint density at radius 3 is 2.32 bits per heavy atom. The van der Waals surface area contributed by atoms with E-state index in [1.165, 1.54) is 4.31 Å². The van der Waals surface area contributed by atoms with Gasteiger partial charge in [-0.3, -0.25) is 8.51 Å². The van der Waals surface area contributed by atoms with Crippen LogP contribution in [0.5, 0.6) is 0 Å². The van der Waals surface area contributed by atoms with Crippen molar-refractivity contribution in [3.63, 3.8) is 0 Å². The summed E-state index contributed by atoms with van der Waals surface area (Å²) in [4.78, 5) is 0.783. The Bertz CT molecular complexity index is 741. The Hall–Kier alpha value is -1.66. The van der Waals surface area contributed by atoms with E-state index in [9.17, 15) is 12.6 Å². The van der Waals surface area contributed by atoms with Crippen molar-refractivity contribution >= 4 is 26.5 Å². The lowest BCUT2D eigenvalue weighted by Gasteiger charge is -2.18. The standard InChI is InChI=1S/C13H11NO3S2/c15-18-10-14(12-8-4-5-9-13(12)18)19(16,17)11-6-2-1-3-7-11/h1-9H,10H2. The van der Waals surface area contributed by atoms with Crippen molar-refractivity contribution in [2.75, 3.05) is 10.2 Å². The van der Waals surface area contributed by atoms with E-state index in [0.29, 0.717) is 10.6 Å². The van der Waals surface area contributed by atoms with Crippen LogP contribution in [0.25, 0.3) is 0 Å². The maximum absolute atomic E-state index is 12.5. The fraction of sp³-hybridized carbons (Fsp3) is 0.0769. The predicted octanol–water partition coefficient (Wildman–Crippen LogP) is 1.96. The maximum Gasteiger partial charge on any atom is 0.265 e. The first-order valence-electron chi connectivity index (χ1n) is 5.66. The van der Waals surface area contributed by atoms with Gasteiger partial charge in [-0.05, 0) is 24.3 Å². The molecular weight excluding hydrogens is 282 g/mol. The van der Waals surface area contributed by atoms with Crippen molar-refractivity contribution in [2.24, 2.45) is 0 Å². The second kappa shape index (κ2) is 4.47. The SMILES string of the molecule is O=S1CN(S(=O)(=O)c2ccccc2)c2ccccc21. The van der Waals surface area contributed by atoms with Crippen LogP contribution in [0.2, 0.25) is 0 Å². The molecule has 0 fully saturated rings. The van der Waals surface area contributed by atoms with Gasteiger partial charge in [0.1, 0.15) is 5.88 Å². The summed E-state index contributed by atoms with van der Waals surface area (Å²) >= 11 is 0. The molecule has 0 radical (unpaired) electrons. The van der Waals surface area contributed by atoms with Crippen molar-refractivity contribution in [1.82, 2.24) is 0 Å². The van der Waals surface area contributed by atoms with Gasteiger partial charge in [-0.2, -0.15) is 0 Å². The largest absolute Gasteiger partial charge is 0.265 e. The van der Waals surface area contributed by atoms with Crippen LogP contribution >= 0.6 is 0 Å². The number of para-hydroxylation sites is 1. The summed E-state index contributed by atoms with van der Waals surface area (Å²) in [5.74, 6) is -0.0173. The van der Waals surface area contributed by atoms with E-state index in [1.807, 2.05) is 0 Å². The van der Waals surface area contributed by atoms with Crippen molar-refractivity contribution in [3.8, 4) is 0 Å². The highest BCUT2D eigenvalue weighted by atomic mass is 32.2. The summed E-state index contributed by atoms with van der Waals surface area (Å²) in [6.45, 7) is 0. The van der Waals surface area contributed by atoms with Gasteiger partial charge < -0.3 is 0 Å². The molecule has 0 N–H and O–H groups in total. The van der Waals surface area contributed by atoms with Crippen LogP contribution in [-0.2, 0) is 20.8 Å². The van der Waals surface area contributed by atoms with Crippen LogP contribution in [0.3, 0.4) is 0 Å². The van der Waals surface area contributed by atoms with Crippen molar-refractivity contribution in [1.29, 1.82) is 0 Å². The van der Waals surface area contributed by atoms with Crippen LogP contribution in [0.4, 0.5) is 5.69 Å². The third-order valence-electron chi connectivity index (χ3n) is 2.94. The number of anilines is 1. The van der Waals surface area contributed by atoms with Gasteiger partial charge in [0, 0.05) is 0 Å². The smallest absolute Gasteiger partial charge is 0.252 e. The van der Waals surface area contributed by atoms with E-state index in [2.05, 4.69) is 0 Å². The van der Waals surface area contributed by atoms with E-state index < -0.39 is 20.8 Å². The Morgan fingerprint density at radius 2 is 1.58 bits per heavy atom. The number of rotatable bonds is 2. The molecule has 19 heavy (non-hydrogen) atoms. The average molecular weight is 293 g/mol. The highest BCUT2D eigenvalue weighted by molar-refractivity contribution is 7.95. The predicted molar refractivity (Wildman–Crippen MR) is 73.8 cm³/mol. The molecule has 0 saturated heterocycles. The fourth-order valence-corrected chi connectivity index (χ4v) is 5.23. The summed E-state index contributed by atoms with van der Waals surface area (Å²) in [5.41, 5.74) is 0.504. The molecule has 1 atom stereocenters. The molecule has 1 aliphatic rings. The third kappa shape index (κ3) is 1.97. The Morgan fingerprint density at radius 1 is 0.947 bits per heavy atom. The van der Waals surface area contributed by atoms with Gasteiger partial charge in [-0.25, -0.2) is 8.42 Å². The molecule has 3 rings (SSSR count). The van der Waals surface area contributed by atoms with E-state index in [0.717, 1.165) is 0 Å². The molecule has 0 bridgehead atoms. The summed E-state index contributed by atoms with van der Waals surface area (Å²) in [5, 5.41) is 0. The molecule has 4 nitrogen and oxygen atoms in total. The van der Waals surface area contributed by atoms with E-state index in [1.54, 1.807) is 54.6 Å². The molecule has 0 saturated carbocycles. The van der Waals surface area contributed by atoms with Crippen molar-refractivity contribution < 1.29 is 12.6 Å². The lowest BCUT2D eigenvalue weighted by atomic mass is 10.3. The summed E-state index contributed by atoms with van der Waals surface area (Å²) < 4.78 is 38.2.